The molecule has 2 heterocycles. The maximum Gasteiger partial charge on any atom is 0.0739 e. The molecule has 0 bridgehead atoms. The van der Waals surface area contributed by atoms with Crippen LogP contribution < -0.4 is 5.73 Å². The van der Waals surface area contributed by atoms with Crippen molar-refractivity contribution >= 4 is 26.8 Å². The van der Waals surface area contributed by atoms with Crippen LogP contribution in [0.2, 0.25) is 0 Å². The van der Waals surface area contributed by atoms with E-state index in [0.717, 1.165) is 22.4 Å². The number of aromatic nitrogens is 3. The van der Waals surface area contributed by atoms with Gasteiger partial charge in [-0.3, -0.25) is 4.68 Å². The van der Waals surface area contributed by atoms with Gasteiger partial charge in [0, 0.05) is 19.8 Å². The fourth-order valence-corrected chi connectivity index (χ4v) is 3.11. The maximum atomic E-state index is 5.86. The summed E-state index contributed by atoms with van der Waals surface area (Å²) >= 11 is 3.63. The molecule has 0 saturated carbocycles. The predicted octanol–water partition coefficient (Wildman–Crippen LogP) is 2.95. The highest BCUT2D eigenvalue weighted by atomic mass is 79.9. The van der Waals surface area contributed by atoms with Crippen molar-refractivity contribution in [3.63, 3.8) is 0 Å². The van der Waals surface area contributed by atoms with Gasteiger partial charge in [-0.15, -0.1) is 0 Å². The van der Waals surface area contributed by atoms with Gasteiger partial charge >= 0.3 is 0 Å². The van der Waals surface area contributed by atoms with Crippen LogP contribution in [0.1, 0.15) is 17.0 Å². The molecule has 104 valence electrons. The Morgan fingerprint density at radius 2 is 2.10 bits per heavy atom. The minimum atomic E-state index is 0.549. The van der Waals surface area contributed by atoms with E-state index < -0.39 is 0 Å². The average Bonchev–Trinajstić information content (AvgIpc) is 2.96. The van der Waals surface area contributed by atoms with Crippen molar-refractivity contribution in [2.24, 2.45) is 12.8 Å². The lowest BCUT2D eigenvalue weighted by atomic mass is 10.1. The number of nitrogens with two attached hydrogens (primary N) is 1. The van der Waals surface area contributed by atoms with Gasteiger partial charge in [-0.05, 0) is 39.9 Å². The van der Waals surface area contributed by atoms with Crippen molar-refractivity contribution in [3.8, 4) is 0 Å². The summed E-state index contributed by atoms with van der Waals surface area (Å²) in [5, 5.41) is 5.67. The number of hydrogen-bond donors (Lipinski definition) is 1. The Morgan fingerprint density at radius 3 is 2.75 bits per heavy atom. The number of rotatable bonds is 3. The normalized spacial score (nSPS) is 11.4. The molecule has 2 N–H and O–H groups in total. The van der Waals surface area contributed by atoms with Gasteiger partial charge in [0.25, 0.3) is 0 Å². The fraction of sp³-hybridized carbons (Fsp3) is 0.267. The molecule has 2 aromatic heterocycles. The largest absolute Gasteiger partial charge is 0.341 e. The summed E-state index contributed by atoms with van der Waals surface area (Å²) in [4.78, 5) is 0. The minimum absolute atomic E-state index is 0.549. The Morgan fingerprint density at radius 1 is 1.30 bits per heavy atom. The highest BCUT2D eigenvalue weighted by Gasteiger charge is 2.13. The number of nitrogens with zero attached hydrogens (tertiary/aromatic N) is 3. The van der Waals surface area contributed by atoms with Crippen molar-refractivity contribution < 1.29 is 0 Å². The van der Waals surface area contributed by atoms with E-state index in [2.05, 4.69) is 56.1 Å². The summed E-state index contributed by atoms with van der Waals surface area (Å²) in [5.41, 5.74) is 10.4. The third-order valence-electron chi connectivity index (χ3n) is 3.67. The third-order valence-corrected chi connectivity index (χ3v) is 4.71. The van der Waals surface area contributed by atoms with Gasteiger partial charge < -0.3 is 10.3 Å². The second-order valence-electron chi connectivity index (χ2n) is 4.97. The molecule has 0 aliphatic carbocycles. The van der Waals surface area contributed by atoms with E-state index in [-0.39, 0.29) is 0 Å². The molecule has 3 aromatic rings. The predicted molar refractivity (Wildman–Crippen MR) is 84.6 cm³/mol. The van der Waals surface area contributed by atoms with Crippen molar-refractivity contribution in [2.75, 3.05) is 0 Å². The maximum absolute atomic E-state index is 5.86. The molecule has 0 aliphatic heterocycles. The Kier molecular flexibility index (Phi) is 3.40. The molecule has 1 aromatic carbocycles. The third kappa shape index (κ3) is 2.07. The number of aryl methyl sites for hydroxylation is 2. The van der Waals surface area contributed by atoms with E-state index in [1.165, 1.54) is 16.5 Å². The van der Waals surface area contributed by atoms with Gasteiger partial charge in [0.05, 0.1) is 27.9 Å². The Hall–Kier alpha value is -1.59. The molecule has 0 aliphatic rings. The summed E-state index contributed by atoms with van der Waals surface area (Å²) in [6.07, 6.45) is 2.11. The zero-order valence-electron chi connectivity index (χ0n) is 11.6. The van der Waals surface area contributed by atoms with Crippen molar-refractivity contribution in [2.45, 2.75) is 20.0 Å². The van der Waals surface area contributed by atoms with E-state index in [1.807, 2.05) is 18.7 Å². The molecule has 0 radical (unpaired) electrons. The van der Waals surface area contributed by atoms with Crippen molar-refractivity contribution in [1.82, 2.24) is 14.3 Å². The smallest absolute Gasteiger partial charge is 0.0739 e. The zero-order valence-corrected chi connectivity index (χ0v) is 13.2. The molecule has 5 heteroatoms. The van der Waals surface area contributed by atoms with Gasteiger partial charge in [-0.1, -0.05) is 18.2 Å². The van der Waals surface area contributed by atoms with Crippen LogP contribution >= 0.6 is 15.9 Å². The number of benzene rings is 1. The van der Waals surface area contributed by atoms with Crippen LogP contribution in [0.15, 0.2) is 34.9 Å². The first-order valence-electron chi connectivity index (χ1n) is 6.56. The summed E-state index contributed by atoms with van der Waals surface area (Å²) in [5.74, 6) is 0. The van der Waals surface area contributed by atoms with Gasteiger partial charge in [-0.2, -0.15) is 5.10 Å². The van der Waals surface area contributed by atoms with Crippen LogP contribution in [0.4, 0.5) is 0 Å². The quantitative estimate of drug-likeness (QED) is 0.801. The minimum Gasteiger partial charge on any atom is -0.341 e. The van der Waals surface area contributed by atoms with Crippen molar-refractivity contribution in [3.05, 3.63) is 51.9 Å². The monoisotopic (exact) mass is 332 g/mol. The van der Waals surface area contributed by atoms with E-state index in [9.17, 15) is 0 Å². The second kappa shape index (κ2) is 5.07. The molecule has 0 amide bonds. The Bertz CT molecular complexity index is 770. The Balaban J connectivity index is 2.11. The SMILES string of the molecule is Cc1nn(C)c(Cn2ccc3cccc(CN)c32)c1Br. The van der Waals surface area contributed by atoms with Crippen LogP contribution in [0.3, 0.4) is 0 Å². The average molecular weight is 333 g/mol. The second-order valence-corrected chi connectivity index (χ2v) is 5.77. The lowest BCUT2D eigenvalue weighted by Crippen LogP contribution is -2.07. The number of fused-ring (bicyclic) bond motifs is 1. The number of para-hydroxylation sites is 1. The van der Waals surface area contributed by atoms with Crippen molar-refractivity contribution in [1.29, 1.82) is 0 Å². The van der Waals surface area contributed by atoms with E-state index in [1.54, 1.807) is 0 Å². The van der Waals surface area contributed by atoms with Gasteiger partial charge in [0.1, 0.15) is 0 Å². The molecular weight excluding hydrogens is 316 g/mol. The van der Waals surface area contributed by atoms with Crippen LogP contribution in [-0.4, -0.2) is 14.3 Å². The van der Waals surface area contributed by atoms with Crippen LogP contribution in [0.25, 0.3) is 10.9 Å². The van der Waals surface area contributed by atoms with Crippen LogP contribution in [0.5, 0.6) is 0 Å². The molecule has 0 saturated heterocycles. The van der Waals surface area contributed by atoms with Crippen LogP contribution in [0, 0.1) is 6.92 Å². The molecule has 4 nitrogen and oxygen atoms in total. The summed E-state index contributed by atoms with van der Waals surface area (Å²) in [6.45, 7) is 3.33. The summed E-state index contributed by atoms with van der Waals surface area (Å²) in [6, 6.07) is 8.39. The Labute approximate surface area is 126 Å². The van der Waals surface area contributed by atoms with E-state index in [4.69, 9.17) is 5.73 Å². The highest BCUT2D eigenvalue weighted by Crippen LogP contribution is 2.25. The molecule has 0 atom stereocenters. The molecular formula is C15H17BrN4. The molecule has 20 heavy (non-hydrogen) atoms. The number of hydrogen-bond acceptors (Lipinski definition) is 2. The lowest BCUT2D eigenvalue weighted by Gasteiger charge is -2.09. The zero-order chi connectivity index (χ0) is 14.3. The first kappa shape index (κ1) is 13.4. The van der Waals surface area contributed by atoms with E-state index in [0.29, 0.717) is 6.54 Å². The number of halogens is 1. The van der Waals surface area contributed by atoms with Gasteiger partial charge in [0.2, 0.25) is 0 Å². The summed E-state index contributed by atoms with van der Waals surface area (Å²) in [7, 11) is 1.97. The lowest BCUT2D eigenvalue weighted by molar-refractivity contribution is 0.671. The highest BCUT2D eigenvalue weighted by molar-refractivity contribution is 9.10. The summed E-state index contributed by atoms with van der Waals surface area (Å²) < 4.78 is 5.24. The molecule has 0 unspecified atom stereocenters. The van der Waals surface area contributed by atoms with Crippen LogP contribution in [-0.2, 0) is 20.1 Å². The standard InChI is InChI=1S/C15H17BrN4/c1-10-14(16)13(19(2)18-10)9-20-7-6-11-4-3-5-12(8-17)15(11)20/h3-7H,8-9,17H2,1-2H3. The van der Waals surface area contributed by atoms with Gasteiger partial charge in [-0.25, -0.2) is 0 Å². The van der Waals surface area contributed by atoms with E-state index >= 15 is 0 Å². The topological polar surface area (TPSA) is 48.8 Å². The fourth-order valence-electron chi connectivity index (χ4n) is 2.65. The molecule has 0 spiro atoms. The molecule has 0 fully saturated rings. The first-order chi connectivity index (χ1) is 9.61. The van der Waals surface area contributed by atoms with Gasteiger partial charge in [0.15, 0.2) is 0 Å². The first-order valence-corrected chi connectivity index (χ1v) is 7.36. The molecule has 3 rings (SSSR count).